The highest BCUT2D eigenvalue weighted by atomic mass is 32.1. The molecule has 0 aliphatic rings. The molecular formula is C21H30N4O4S. The van der Waals surface area contributed by atoms with Crippen molar-refractivity contribution in [1.29, 1.82) is 0 Å². The minimum absolute atomic E-state index is 0.254. The molecule has 0 aliphatic carbocycles. The summed E-state index contributed by atoms with van der Waals surface area (Å²) < 4.78 is 10.6. The summed E-state index contributed by atoms with van der Waals surface area (Å²) >= 11 is 1.35. The molecule has 1 aromatic heterocycles. The second-order valence-corrected chi connectivity index (χ2v) is 9.24. The molecule has 9 heteroatoms. The number of nitrogens with two attached hydrogens (primary N) is 1. The van der Waals surface area contributed by atoms with Crippen molar-refractivity contribution in [3.05, 3.63) is 40.9 Å². The number of anilines is 2. The van der Waals surface area contributed by atoms with E-state index in [9.17, 15) is 9.59 Å². The van der Waals surface area contributed by atoms with E-state index in [2.05, 4.69) is 15.6 Å². The zero-order chi connectivity index (χ0) is 22.4. The molecule has 0 bridgehead atoms. The van der Waals surface area contributed by atoms with Crippen LogP contribution >= 0.6 is 11.3 Å². The van der Waals surface area contributed by atoms with E-state index in [-0.39, 0.29) is 6.54 Å². The van der Waals surface area contributed by atoms with Crippen molar-refractivity contribution in [2.45, 2.75) is 52.2 Å². The first-order valence-electron chi connectivity index (χ1n) is 9.69. The van der Waals surface area contributed by atoms with Crippen LogP contribution in [0.15, 0.2) is 29.6 Å². The smallest absolute Gasteiger partial charge is 0.413 e. The maximum absolute atomic E-state index is 12.1. The number of aromatic nitrogens is 1. The van der Waals surface area contributed by atoms with Gasteiger partial charge < -0.3 is 20.5 Å². The number of nitrogens with one attached hydrogen (secondary N) is 2. The summed E-state index contributed by atoms with van der Waals surface area (Å²) in [6.07, 6.45) is 0.163. The minimum Gasteiger partial charge on any atom is -0.455 e. The largest absolute Gasteiger partial charge is 0.455 e. The Bertz CT molecular complexity index is 857. The average molecular weight is 435 g/mol. The molecule has 0 aliphatic heterocycles. The molecule has 0 saturated carbocycles. The zero-order valence-electron chi connectivity index (χ0n) is 18.1. The number of nitrogens with zero attached hydrogens (tertiary/aromatic N) is 1. The molecule has 0 saturated heterocycles. The summed E-state index contributed by atoms with van der Waals surface area (Å²) in [5.41, 5.74) is 6.56. The average Bonchev–Trinajstić information content (AvgIpc) is 3.07. The fourth-order valence-electron chi connectivity index (χ4n) is 2.28. The number of hydrogen-bond donors (Lipinski definition) is 3. The fraction of sp³-hybridized carbons (Fsp3) is 0.476. The first-order chi connectivity index (χ1) is 14.0. The second kappa shape index (κ2) is 9.90. The summed E-state index contributed by atoms with van der Waals surface area (Å²) in [7, 11) is 0. The number of carbonyl (C=O) groups excluding carboxylic acids is 2. The van der Waals surface area contributed by atoms with Crippen LogP contribution in [0.25, 0.3) is 0 Å². The summed E-state index contributed by atoms with van der Waals surface area (Å²) in [5.74, 6) is -0.399. The predicted octanol–water partition coefficient (Wildman–Crippen LogP) is 4.04. The van der Waals surface area contributed by atoms with Gasteiger partial charge in [0.15, 0.2) is 5.13 Å². The SMILES string of the molecule is CC(C)(C)OC(=O)Nc1nc(CCNc2ccc(C(=O)OC(C)(C)CN)cc2)cs1. The number of esters is 1. The highest BCUT2D eigenvalue weighted by Crippen LogP contribution is 2.18. The van der Waals surface area contributed by atoms with Crippen LogP contribution in [0.5, 0.6) is 0 Å². The van der Waals surface area contributed by atoms with Gasteiger partial charge in [0.25, 0.3) is 0 Å². The lowest BCUT2D eigenvalue weighted by atomic mass is 10.1. The molecule has 8 nitrogen and oxygen atoms in total. The maximum Gasteiger partial charge on any atom is 0.413 e. The van der Waals surface area contributed by atoms with E-state index >= 15 is 0 Å². The molecular weight excluding hydrogens is 404 g/mol. The molecule has 2 aromatic rings. The number of benzene rings is 1. The molecule has 1 aromatic carbocycles. The summed E-state index contributed by atoms with van der Waals surface area (Å²) in [5, 5.41) is 8.32. The van der Waals surface area contributed by atoms with E-state index in [0.29, 0.717) is 23.7 Å². The molecule has 0 unspecified atom stereocenters. The van der Waals surface area contributed by atoms with E-state index in [1.54, 1.807) is 26.0 Å². The Morgan fingerprint density at radius 1 is 1.10 bits per heavy atom. The number of thiazole rings is 1. The third-order valence-corrected chi connectivity index (χ3v) is 4.66. The van der Waals surface area contributed by atoms with Gasteiger partial charge in [-0.05, 0) is 58.9 Å². The van der Waals surface area contributed by atoms with Crippen molar-refractivity contribution in [1.82, 2.24) is 4.98 Å². The van der Waals surface area contributed by atoms with Crippen molar-refractivity contribution in [2.75, 3.05) is 23.7 Å². The lowest BCUT2D eigenvalue weighted by molar-refractivity contribution is 0.00290. The van der Waals surface area contributed by atoms with Gasteiger partial charge in [-0.1, -0.05) is 0 Å². The summed E-state index contributed by atoms with van der Waals surface area (Å²) in [6.45, 7) is 9.87. The number of rotatable bonds is 8. The molecule has 4 N–H and O–H groups in total. The highest BCUT2D eigenvalue weighted by molar-refractivity contribution is 7.13. The van der Waals surface area contributed by atoms with Gasteiger partial charge in [-0.15, -0.1) is 11.3 Å². The van der Waals surface area contributed by atoms with Gasteiger partial charge in [0.1, 0.15) is 11.2 Å². The number of hydrogen-bond acceptors (Lipinski definition) is 8. The molecule has 30 heavy (non-hydrogen) atoms. The standard InChI is InChI=1S/C21H30N4O4S/c1-20(2,3)29-19(27)25-18-24-16(12-30-18)10-11-23-15-8-6-14(7-9-15)17(26)28-21(4,5)13-22/h6-9,12,23H,10-11,13,22H2,1-5H3,(H,24,25,27). The summed E-state index contributed by atoms with van der Waals surface area (Å²) in [4.78, 5) is 28.3. The summed E-state index contributed by atoms with van der Waals surface area (Å²) in [6, 6.07) is 7.07. The molecule has 164 valence electrons. The maximum atomic E-state index is 12.1. The minimum atomic E-state index is -0.696. The van der Waals surface area contributed by atoms with Crippen LogP contribution in [-0.4, -0.2) is 41.3 Å². The third-order valence-electron chi connectivity index (χ3n) is 3.85. The van der Waals surface area contributed by atoms with Crippen LogP contribution < -0.4 is 16.4 Å². The van der Waals surface area contributed by atoms with Gasteiger partial charge in [0.2, 0.25) is 0 Å². The first-order valence-corrected chi connectivity index (χ1v) is 10.6. The number of carbonyl (C=O) groups is 2. The van der Waals surface area contributed by atoms with Crippen LogP contribution in [-0.2, 0) is 15.9 Å². The second-order valence-electron chi connectivity index (χ2n) is 8.38. The molecule has 0 spiro atoms. The third kappa shape index (κ3) is 8.00. The molecule has 0 radical (unpaired) electrons. The van der Waals surface area contributed by atoms with Crippen molar-refractivity contribution in [3.8, 4) is 0 Å². The Labute approximate surface area is 181 Å². The lowest BCUT2D eigenvalue weighted by Gasteiger charge is -2.23. The molecule has 1 heterocycles. The van der Waals surface area contributed by atoms with Gasteiger partial charge >= 0.3 is 12.1 Å². The van der Waals surface area contributed by atoms with Crippen LogP contribution in [0.3, 0.4) is 0 Å². The first kappa shape index (κ1) is 23.6. The highest BCUT2D eigenvalue weighted by Gasteiger charge is 2.21. The number of ether oxygens (including phenoxy) is 2. The van der Waals surface area contributed by atoms with Gasteiger partial charge in [0, 0.05) is 30.6 Å². The van der Waals surface area contributed by atoms with Gasteiger partial charge in [0.05, 0.1) is 11.3 Å². The van der Waals surface area contributed by atoms with Crippen molar-refractivity contribution >= 4 is 34.2 Å². The van der Waals surface area contributed by atoms with Gasteiger partial charge in [-0.3, -0.25) is 5.32 Å². The van der Waals surface area contributed by atoms with Crippen LogP contribution in [0.1, 0.15) is 50.7 Å². The van der Waals surface area contributed by atoms with E-state index in [0.717, 1.165) is 11.4 Å². The van der Waals surface area contributed by atoms with Crippen molar-refractivity contribution < 1.29 is 19.1 Å². The lowest BCUT2D eigenvalue weighted by Crippen LogP contribution is -2.36. The predicted molar refractivity (Wildman–Crippen MR) is 119 cm³/mol. The Morgan fingerprint density at radius 2 is 1.77 bits per heavy atom. The van der Waals surface area contributed by atoms with Crippen molar-refractivity contribution in [3.63, 3.8) is 0 Å². The van der Waals surface area contributed by atoms with E-state index in [1.807, 2.05) is 38.3 Å². The van der Waals surface area contributed by atoms with E-state index in [1.165, 1.54) is 11.3 Å². The van der Waals surface area contributed by atoms with E-state index in [4.69, 9.17) is 15.2 Å². The Morgan fingerprint density at radius 3 is 2.37 bits per heavy atom. The van der Waals surface area contributed by atoms with E-state index < -0.39 is 23.3 Å². The molecule has 2 rings (SSSR count). The Balaban J connectivity index is 1.80. The monoisotopic (exact) mass is 434 g/mol. The van der Waals surface area contributed by atoms with Crippen LogP contribution in [0, 0.1) is 0 Å². The van der Waals surface area contributed by atoms with Crippen LogP contribution in [0.4, 0.5) is 15.6 Å². The Kier molecular flexibility index (Phi) is 7.80. The Hall–Kier alpha value is -2.65. The number of amides is 1. The topological polar surface area (TPSA) is 116 Å². The zero-order valence-corrected chi connectivity index (χ0v) is 18.9. The van der Waals surface area contributed by atoms with Gasteiger partial charge in [-0.25, -0.2) is 14.6 Å². The molecule has 1 amide bonds. The van der Waals surface area contributed by atoms with Crippen molar-refractivity contribution in [2.24, 2.45) is 5.73 Å². The quantitative estimate of drug-likeness (QED) is 0.537. The van der Waals surface area contributed by atoms with Crippen LogP contribution in [0.2, 0.25) is 0 Å². The fourth-order valence-corrected chi connectivity index (χ4v) is 3.01. The normalized spacial score (nSPS) is 11.7. The molecule has 0 atom stereocenters. The molecule has 0 fully saturated rings. The van der Waals surface area contributed by atoms with Gasteiger partial charge in [-0.2, -0.15) is 0 Å².